The van der Waals surface area contributed by atoms with Crippen LogP contribution in [0.4, 0.5) is 19.3 Å². The molecule has 3 heterocycles. The zero-order chi connectivity index (χ0) is 26.6. The van der Waals surface area contributed by atoms with Gasteiger partial charge in [-0.15, -0.1) is 0 Å². The first-order valence-corrected chi connectivity index (χ1v) is 12.0. The number of carbonyl (C=O) groups excluding carboxylic acids is 2. The number of aromatic nitrogens is 3. The van der Waals surface area contributed by atoms with Crippen LogP contribution in [0.5, 0.6) is 11.6 Å². The first-order valence-electron chi connectivity index (χ1n) is 12.0. The van der Waals surface area contributed by atoms with Crippen molar-refractivity contribution in [1.82, 2.24) is 24.8 Å². The van der Waals surface area contributed by atoms with E-state index in [0.29, 0.717) is 17.6 Å². The summed E-state index contributed by atoms with van der Waals surface area (Å²) in [6.45, 7) is 2.31. The summed E-state index contributed by atoms with van der Waals surface area (Å²) < 4.78 is 35.3. The molecule has 0 aliphatic carbocycles. The lowest BCUT2D eigenvalue weighted by Crippen LogP contribution is -2.35. The van der Waals surface area contributed by atoms with E-state index in [4.69, 9.17) is 10.5 Å². The van der Waals surface area contributed by atoms with Gasteiger partial charge in [-0.05, 0) is 47.9 Å². The Kier molecular flexibility index (Phi) is 7.24. The molecule has 0 bridgehead atoms. The molecule has 1 aliphatic heterocycles. The van der Waals surface area contributed by atoms with Gasteiger partial charge in [-0.3, -0.25) is 15.0 Å². The van der Waals surface area contributed by atoms with Crippen molar-refractivity contribution in [1.29, 1.82) is 0 Å². The van der Waals surface area contributed by atoms with E-state index in [-0.39, 0.29) is 29.8 Å². The highest BCUT2D eigenvalue weighted by atomic mass is 19.1. The molecule has 0 saturated carbocycles. The van der Waals surface area contributed by atoms with E-state index in [1.165, 1.54) is 42.7 Å². The van der Waals surface area contributed by atoms with Gasteiger partial charge < -0.3 is 15.8 Å². The van der Waals surface area contributed by atoms with E-state index in [2.05, 4.69) is 25.6 Å². The van der Waals surface area contributed by atoms with Crippen LogP contribution in [0.25, 0.3) is 5.52 Å². The molecule has 1 fully saturated rings. The number of nitrogens with one attached hydrogen (secondary N) is 2. The zero-order valence-corrected chi connectivity index (χ0v) is 20.2. The highest BCUT2D eigenvalue weighted by Gasteiger charge is 2.22. The Hall–Kier alpha value is -4.42. The fraction of sp³-hybridized carbons (Fsp3) is 0.231. The fourth-order valence-corrected chi connectivity index (χ4v) is 4.32. The highest BCUT2D eigenvalue weighted by molar-refractivity contribution is 6.01. The van der Waals surface area contributed by atoms with Crippen molar-refractivity contribution in [2.24, 2.45) is 5.73 Å². The van der Waals surface area contributed by atoms with Crippen LogP contribution >= 0.6 is 0 Å². The molecule has 12 heteroatoms. The van der Waals surface area contributed by atoms with Crippen molar-refractivity contribution < 1.29 is 23.1 Å². The van der Waals surface area contributed by atoms with Crippen molar-refractivity contribution >= 4 is 23.1 Å². The fourth-order valence-electron chi connectivity index (χ4n) is 4.32. The molecule has 10 nitrogen and oxygen atoms in total. The number of nitrogens with two attached hydrogens (primary N) is 1. The van der Waals surface area contributed by atoms with E-state index >= 15 is 0 Å². The molecular formula is C26H25F2N7O3. The summed E-state index contributed by atoms with van der Waals surface area (Å²) in [7, 11) is 0. The standard InChI is InChI=1S/C26H25F2N7O3/c27-18-3-1-16(2-4-18)11-23(36)33-26(37)32-20-5-6-22(21(28)12-20)38-25-24-17(7-10-35(24)31-15-30-25)13-34-9-8-19(29)14-34/h1-7,10,12,15,19H,8-9,11,13-14,29H2,(H2,32,33,36,37)/t19-/m1/s1. The summed E-state index contributed by atoms with van der Waals surface area (Å²) in [6, 6.07) is 10.4. The number of ether oxygens (including phenoxy) is 1. The monoisotopic (exact) mass is 521 g/mol. The third kappa shape index (κ3) is 5.93. The van der Waals surface area contributed by atoms with Crippen LogP contribution in [0.3, 0.4) is 0 Å². The number of hydrogen-bond donors (Lipinski definition) is 3. The van der Waals surface area contributed by atoms with E-state index < -0.39 is 23.6 Å². The van der Waals surface area contributed by atoms with Gasteiger partial charge in [-0.1, -0.05) is 12.1 Å². The molecule has 1 saturated heterocycles. The van der Waals surface area contributed by atoms with E-state index in [0.717, 1.165) is 31.1 Å². The number of amides is 3. The van der Waals surface area contributed by atoms with Crippen LogP contribution in [0.2, 0.25) is 0 Å². The van der Waals surface area contributed by atoms with Crippen LogP contribution in [0.15, 0.2) is 61.1 Å². The maximum Gasteiger partial charge on any atom is 0.325 e. The Morgan fingerprint density at radius 1 is 1.13 bits per heavy atom. The molecule has 38 heavy (non-hydrogen) atoms. The Labute approximate surface area is 216 Å². The van der Waals surface area contributed by atoms with Crippen molar-refractivity contribution in [3.05, 3.63) is 83.8 Å². The number of carbonyl (C=O) groups is 2. The molecule has 2 aromatic heterocycles. The molecule has 1 aliphatic rings. The summed E-state index contributed by atoms with van der Waals surface area (Å²) in [5.74, 6) is -1.67. The van der Waals surface area contributed by atoms with Gasteiger partial charge in [-0.2, -0.15) is 10.1 Å². The minimum atomic E-state index is -0.831. The van der Waals surface area contributed by atoms with Crippen molar-refractivity contribution in [3.8, 4) is 11.6 Å². The lowest BCUT2D eigenvalue weighted by Gasteiger charge is -2.15. The Bertz CT molecular complexity index is 1480. The third-order valence-corrected chi connectivity index (χ3v) is 6.13. The molecule has 5 rings (SSSR count). The van der Waals surface area contributed by atoms with Gasteiger partial charge in [0.15, 0.2) is 11.6 Å². The Morgan fingerprint density at radius 2 is 1.95 bits per heavy atom. The molecule has 2 aromatic carbocycles. The number of fused-ring (bicyclic) bond motifs is 1. The maximum atomic E-state index is 14.9. The van der Waals surface area contributed by atoms with Gasteiger partial charge in [0.25, 0.3) is 0 Å². The average Bonchev–Trinajstić information content (AvgIpc) is 3.48. The number of nitrogens with zero attached hydrogens (tertiary/aromatic N) is 4. The number of urea groups is 1. The number of hydrogen-bond acceptors (Lipinski definition) is 7. The predicted molar refractivity (Wildman–Crippen MR) is 135 cm³/mol. The number of benzene rings is 2. The molecule has 196 valence electrons. The molecule has 0 unspecified atom stereocenters. The number of anilines is 1. The number of imide groups is 1. The average molecular weight is 522 g/mol. The Balaban J connectivity index is 1.24. The maximum absolute atomic E-state index is 14.9. The number of likely N-dealkylation sites (tertiary alicyclic amines) is 1. The SMILES string of the molecule is N[C@@H]1CCN(Cc2ccn3ncnc(Oc4ccc(NC(=O)NC(=O)Cc5ccc(F)cc5)cc4F)c23)C1. The first-order chi connectivity index (χ1) is 18.3. The van der Waals surface area contributed by atoms with Crippen molar-refractivity contribution in [3.63, 3.8) is 0 Å². The van der Waals surface area contributed by atoms with Crippen LogP contribution in [-0.4, -0.2) is 50.6 Å². The predicted octanol–water partition coefficient (Wildman–Crippen LogP) is 3.22. The van der Waals surface area contributed by atoms with E-state index in [9.17, 15) is 18.4 Å². The topological polar surface area (TPSA) is 127 Å². The molecule has 1 atom stereocenters. The minimum Gasteiger partial charge on any atom is -0.434 e. The van der Waals surface area contributed by atoms with Crippen LogP contribution < -0.4 is 21.1 Å². The molecule has 0 radical (unpaired) electrons. The van der Waals surface area contributed by atoms with E-state index in [1.54, 1.807) is 10.7 Å². The van der Waals surface area contributed by atoms with Gasteiger partial charge in [0.1, 0.15) is 17.7 Å². The van der Waals surface area contributed by atoms with Crippen LogP contribution in [0.1, 0.15) is 17.5 Å². The summed E-state index contributed by atoms with van der Waals surface area (Å²) in [5.41, 5.74) is 8.22. The summed E-state index contributed by atoms with van der Waals surface area (Å²) >= 11 is 0. The lowest BCUT2D eigenvalue weighted by atomic mass is 10.1. The zero-order valence-electron chi connectivity index (χ0n) is 20.2. The molecular weight excluding hydrogens is 496 g/mol. The normalized spacial score (nSPS) is 15.5. The van der Waals surface area contributed by atoms with Gasteiger partial charge in [0.05, 0.1) is 6.42 Å². The third-order valence-electron chi connectivity index (χ3n) is 6.13. The first kappa shape index (κ1) is 25.2. The minimum absolute atomic E-state index is 0.0979. The van der Waals surface area contributed by atoms with Crippen LogP contribution in [0, 0.1) is 11.6 Å². The highest BCUT2D eigenvalue weighted by Crippen LogP contribution is 2.30. The summed E-state index contributed by atoms with van der Waals surface area (Å²) in [6.07, 6.45) is 3.92. The lowest BCUT2D eigenvalue weighted by molar-refractivity contribution is -0.119. The second kappa shape index (κ2) is 10.9. The summed E-state index contributed by atoms with van der Waals surface area (Å²) in [4.78, 5) is 30.7. The molecule has 0 spiro atoms. The molecule has 3 amide bonds. The summed E-state index contributed by atoms with van der Waals surface area (Å²) in [5, 5.41) is 8.77. The van der Waals surface area contributed by atoms with Gasteiger partial charge >= 0.3 is 6.03 Å². The number of halogens is 2. The smallest absolute Gasteiger partial charge is 0.325 e. The second-order valence-electron chi connectivity index (χ2n) is 9.04. The van der Waals surface area contributed by atoms with Crippen molar-refractivity contribution in [2.75, 3.05) is 18.4 Å². The Morgan fingerprint density at radius 3 is 2.68 bits per heavy atom. The quantitative estimate of drug-likeness (QED) is 0.341. The van der Waals surface area contributed by atoms with Crippen LogP contribution in [-0.2, 0) is 17.8 Å². The van der Waals surface area contributed by atoms with Gasteiger partial charge in [-0.25, -0.2) is 18.1 Å². The van der Waals surface area contributed by atoms with E-state index in [1.807, 2.05) is 6.07 Å². The van der Waals surface area contributed by atoms with Crippen molar-refractivity contribution in [2.45, 2.75) is 25.4 Å². The second-order valence-corrected chi connectivity index (χ2v) is 9.04. The van der Waals surface area contributed by atoms with Gasteiger partial charge in [0, 0.05) is 43.6 Å². The molecule has 4 N–H and O–H groups in total. The van der Waals surface area contributed by atoms with Gasteiger partial charge in [0.2, 0.25) is 11.8 Å². The molecule has 4 aromatic rings. The number of rotatable bonds is 7. The largest absolute Gasteiger partial charge is 0.434 e.